The van der Waals surface area contributed by atoms with Gasteiger partial charge in [-0.1, -0.05) is 60.7 Å². The molecule has 2 atom stereocenters. The van der Waals surface area contributed by atoms with E-state index < -0.39 is 29.3 Å². The first-order chi connectivity index (χ1) is 12.6. The molecule has 3 rings (SSSR count). The Morgan fingerprint density at radius 1 is 1.08 bits per heavy atom. The number of esters is 1. The lowest BCUT2D eigenvalue weighted by molar-refractivity contribution is -0.157. The molecule has 0 radical (unpaired) electrons. The van der Waals surface area contributed by atoms with Crippen molar-refractivity contribution in [3.63, 3.8) is 0 Å². The molecule has 26 heavy (non-hydrogen) atoms. The van der Waals surface area contributed by atoms with Gasteiger partial charge in [0.1, 0.15) is 0 Å². The first-order valence-corrected chi connectivity index (χ1v) is 8.99. The zero-order chi connectivity index (χ0) is 18.6. The molecule has 1 aliphatic rings. The predicted molar refractivity (Wildman–Crippen MR) is 98.3 cm³/mol. The van der Waals surface area contributed by atoms with E-state index in [4.69, 9.17) is 4.74 Å². The molecule has 2 aromatic rings. The third-order valence-corrected chi connectivity index (χ3v) is 5.32. The molecule has 0 bridgehead atoms. The number of rotatable bonds is 4. The summed E-state index contributed by atoms with van der Waals surface area (Å²) in [6.07, 6.45) is 0.140. The maximum Gasteiger partial charge on any atom is 0.327 e. The second kappa shape index (κ2) is 7.72. The molecule has 4 nitrogen and oxygen atoms in total. The fraction of sp³-hybridized carbons (Fsp3) is 0.364. The molecule has 0 spiro atoms. The van der Waals surface area contributed by atoms with Gasteiger partial charge in [0.25, 0.3) is 0 Å². The molecule has 0 aromatic heterocycles. The second-order valence-electron chi connectivity index (χ2n) is 6.75. The van der Waals surface area contributed by atoms with Gasteiger partial charge in [-0.2, -0.15) is 5.26 Å². The van der Waals surface area contributed by atoms with Gasteiger partial charge in [0.15, 0.2) is 5.41 Å². The van der Waals surface area contributed by atoms with Gasteiger partial charge in [-0.3, -0.25) is 4.79 Å². The van der Waals surface area contributed by atoms with Crippen LogP contribution in [0.15, 0.2) is 60.7 Å². The highest BCUT2D eigenvalue weighted by atomic mass is 16.5. The molecule has 1 N–H and O–H groups in total. The minimum Gasteiger partial charge on any atom is -0.465 e. The molecule has 0 unspecified atom stereocenters. The SMILES string of the molecule is CCOC(=O)C1(C#N)[C@@H](c2ccccc2)CC(O)C[C@@H]1c1ccccc1. The van der Waals surface area contributed by atoms with E-state index in [0.29, 0.717) is 12.8 Å². The highest BCUT2D eigenvalue weighted by Crippen LogP contribution is 2.55. The smallest absolute Gasteiger partial charge is 0.327 e. The summed E-state index contributed by atoms with van der Waals surface area (Å²) in [5.41, 5.74) is 0.390. The summed E-state index contributed by atoms with van der Waals surface area (Å²) in [6.45, 7) is 1.96. The highest BCUT2D eigenvalue weighted by Gasteiger charge is 2.58. The van der Waals surface area contributed by atoms with E-state index in [2.05, 4.69) is 6.07 Å². The second-order valence-corrected chi connectivity index (χ2v) is 6.75. The molecular weight excluding hydrogens is 326 g/mol. The number of ether oxygens (including phenoxy) is 1. The summed E-state index contributed by atoms with van der Waals surface area (Å²) in [4.78, 5) is 13.1. The summed E-state index contributed by atoms with van der Waals surface area (Å²) >= 11 is 0. The summed E-state index contributed by atoms with van der Waals surface area (Å²) in [7, 11) is 0. The van der Waals surface area contributed by atoms with Gasteiger partial charge in [0, 0.05) is 11.8 Å². The minimum atomic E-state index is -1.36. The van der Waals surface area contributed by atoms with Crippen LogP contribution in [0.3, 0.4) is 0 Å². The minimum absolute atomic E-state index is 0.216. The molecule has 1 fully saturated rings. The molecule has 0 amide bonds. The number of benzene rings is 2. The number of hydrogen-bond acceptors (Lipinski definition) is 4. The molecule has 0 aliphatic heterocycles. The molecule has 0 heterocycles. The summed E-state index contributed by atoms with van der Waals surface area (Å²) in [5, 5.41) is 20.8. The van der Waals surface area contributed by atoms with Gasteiger partial charge in [-0.25, -0.2) is 0 Å². The maximum absolute atomic E-state index is 13.1. The molecular formula is C22H23NO3. The van der Waals surface area contributed by atoms with Gasteiger partial charge in [-0.05, 0) is 30.9 Å². The van der Waals surface area contributed by atoms with E-state index in [-0.39, 0.29) is 6.61 Å². The van der Waals surface area contributed by atoms with Crippen molar-refractivity contribution in [3.05, 3.63) is 71.8 Å². The quantitative estimate of drug-likeness (QED) is 0.853. The molecule has 2 aromatic carbocycles. The van der Waals surface area contributed by atoms with Crippen molar-refractivity contribution in [2.45, 2.75) is 37.7 Å². The van der Waals surface area contributed by atoms with E-state index in [1.165, 1.54) is 0 Å². The summed E-state index contributed by atoms with van der Waals surface area (Å²) < 4.78 is 5.37. The number of aliphatic hydroxyl groups excluding tert-OH is 1. The van der Waals surface area contributed by atoms with Gasteiger partial charge in [0.05, 0.1) is 18.8 Å². The number of carbonyl (C=O) groups is 1. The van der Waals surface area contributed by atoms with E-state index >= 15 is 0 Å². The van der Waals surface area contributed by atoms with Crippen LogP contribution in [0.1, 0.15) is 42.7 Å². The molecule has 0 saturated heterocycles. The largest absolute Gasteiger partial charge is 0.465 e. The van der Waals surface area contributed by atoms with Crippen molar-refractivity contribution in [2.75, 3.05) is 6.61 Å². The van der Waals surface area contributed by atoms with Crippen LogP contribution in [0.4, 0.5) is 0 Å². The first kappa shape index (κ1) is 18.2. The van der Waals surface area contributed by atoms with Gasteiger partial charge in [-0.15, -0.1) is 0 Å². The first-order valence-electron chi connectivity index (χ1n) is 8.99. The Bertz CT molecular complexity index is 733. The van der Waals surface area contributed by atoms with Crippen molar-refractivity contribution in [2.24, 2.45) is 5.41 Å². The van der Waals surface area contributed by atoms with Crippen LogP contribution in [-0.2, 0) is 9.53 Å². The van der Waals surface area contributed by atoms with Crippen LogP contribution >= 0.6 is 0 Å². The Morgan fingerprint density at radius 2 is 1.54 bits per heavy atom. The Morgan fingerprint density at radius 3 is 1.92 bits per heavy atom. The van der Waals surface area contributed by atoms with Gasteiger partial charge >= 0.3 is 5.97 Å². The lowest BCUT2D eigenvalue weighted by Crippen LogP contribution is -2.48. The molecule has 1 saturated carbocycles. The fourth-order valence-corrected chi connectivity index (χ4v) is 4.16. The van der Waals surface area contributed by atoms with Crippen molar-refractivity contribution in [3.8, 4) is 6.07 Å². The number of nitriles is 1. The standard InChI is InChI=1S/C22H23NO3/c1-2-26-21(25)22(15-23)19(16-9-5-3-6-10-16)13-18(24)14-20(22)17-11-7-4-8-12-17/h3-12,18-20,24H,2,13-14H2,1H3/t18?,19-,20-,22?/m1/s1. The lowest BCUT2D eigenvalue weighted by Gasteiger charge is -2.45. The zero-order valence-corrected chi connectivity index (χ0v) is 14.8. The van der Waals surface area contributed by atoms with E-state index in [9.17, 15) is 15.2 Å². The monoisotopic (exact) mass is 349 g/mol. The highest BCUT2D eigenvalue weighted by molar-refractivity contribution is 5.83. The topological polar surface area (TPSA) is 70.3 Å². The van der Waals surface area contributed by atoms with E-state index in [0.717, 1.165) is 11.1 Å². The Hall–Kier alpha value is -2.64. The predicted octanol–water partition coefficient (Wildman–Crippen LogP) is 3.78. The molecule has 1 aliphatic carbocycles. The van der Waals surface area contributed by atoms with Gasteiger partial charge < -0.3 is 9.84 Å². The van der Waals surface area contributed by atoms with Crippen molar-refractivity contribution in [1.29, 1.82) is 5.26 Å². The van der Waals surface area contributed by atoms with Crippen molar-refractivity contribution in [1.82, 2.24) is 0 Å². The summed E-state index contributed by atoms with van der Waals surface area (Å²) in [6, 6.07) is 21.3. The Balaban J connectivity index is 2.18. The van der Waals surface area contributed by atoms with E-state index in [1.807, 2.05) is 60.7 Å². The normalized spacial score (nSPS) is 28.1. The molecule has 134 valence electrons. The number of nitrogens with zero attached hydrogens (tertiary/aromatic N) is 1. The Labute approximate surface area is 154 Å². The van der Waals surface area contributed by atoms with Crippen LogP contribution < -0.4 is 0 Å². The van der Waals surface area contributed by atoms with Crippen LogP contribution in [0, 0.1) is 16.7 Å². The maximum atomic E-state index is 13.1. The summed E-state index contributed by atoms with van der Waals surface area (Å²) in [5.74, 6) is -1.36. The average Bonchev–Trinajstić information content (AvgIpc) is 2.69. The van der Waals surface area contributed by atoms with Crippen LogP contribution in [0.5, 0.6) is 0 Å². The number of hydrogen-bond donors (Lipinski definition) is 1. The van der Waals surface area contributed by atoms with E-state index in [1.54, 1.807) is 6.92 Å². The van der Waals surface area contributed by atoms with Crippen LogP contribution in [0.25, 0.3) is 0 Å². The third kappa shape index (κ3) is 3.11. The van der Waals surface area contributed by atoms with Crippen molar-refractivity contribution >= 4 is 5.97 Å². The van der Waals surface area contributed by atoms with Crippen LogP contribution in [0.2, 0.25) is 0 Å². The lowest BCUT2D eigenvalue weighted by atomic mass is 9.56. The van der Waals surface area contributed by atoms with Crippen LogP contribution in [-0.4, -0.2) is 23.8 Å². The zero-order valence-electron chi connectivity index (χ0n) is 14.8. The molecule has 4 heteroatoms. The fourth-order valence-electron chi connectivity index (χ4n) is 4.16. The van der Waals surface area contributed by atoms with Gasteiger partial charge in [0.2, 0.25) is 0 Å². The number of carbonyl (C=O) groups excluding carboxylic acids is 1. The Kier molecular flexibility index (Phi) is 5.39. The average molecular weight is 349 g/mol. The number of aliphatic hydroxyl groups is 1. The van der Waals surface area contributed by atoms with Crippen molar-refractivity contribution < 1.29 is 14.6 Å². The third-order valence-electron chi connectivity index (χ3n) is 5.32.